The smallest absolute Gasteiger partial charge is 0.274 e. The molecule has 6 nitrogen and oxygen atoms in total. The van der Waals surface area contributed by atoms with Crippen LogP contribution in [0.15, 0.2) is 18.6 Å². The lowest BCUT2D eigenvalue weighted by Gasteiger charge is -2.38. The van der Waals surface area contributed by atoms with Crippen molar-refractivity contribution in [3.05, 3.63) is 24.3 Å². The molecule has 1 aromatic rings. The first-order valence-electron chi connectivity index (χ1n) is 7.88. The van der Waals surface area contributed by atoms with Gasteiger partial charge in [0.2, 0.25) is 0 Å². The lowest BCUT2D eigenvalue weighted by atomic mass is 9.72. The largest absolute Gasteiger partial charge is 0.381 e. The van der Waals surface area contributed by atoms with E-state index in [0.717, 1.165) is 45.7 Å². The number of nitrogens with zero attached hydrogens (tertiary/aromatic N) is 4. The SMILES string of the molecule is CN(C)C[C@@H]1CN(C(=O)c2cnccn2)CC12CCOCC2. The minimum absolute atomic E-state index is 0.000206. The molecule has 0 aromatic carbocycles. The fourth-order valence-corrected chi connectivity index (χ4v) is 3.80. The van der Waals surface area contributed by atoms with Gasteiger partial charge in [-0.15, -0.1) is 0 Å². The van der Waals surface area contributed by atoms with E-state index >= 15 is 0 Å². The van der Waals surface area contributed by atoms with Gasteiger partial charge in [-0.3, -0.25) is 9.78 Å². The minimum Gasteiger partial charge on any atom is -0.381 e. The minimum atomic E-state index is 0.000206. The number of carbonyl (C=O) groups is 1. The molecule has 3 rings (SSSR count). The fourth-order valence-electron chi connectivity index (χ4n) is 3.80. The van der Waals surface area contributed by atoms with E-state index in [1.54, 1.807) is 18.6 Å². The topological polar surface area (TPSA) is 58.6 Å². The number of amides is 1. The van der Waals surface area contributed by atoms with E-state index in [1.165, 1.54) is 0 Å². The van der Waals surface area contributed by atoms with Crippen LogP contribution < -0.4 is 0 Å². The molecule has 1 atom stereocenters. The van der Waals surface area contributed by atoms with Gasteiger partial charge in [-0.05, 0) is 38.3 Å². The second kappa shape index (κ2) is 6.30. The second-order valence-electron chi connectivity index (χ2n) is 6.71. The van der Waals surface area contributed by atoms with E-state index in [-0.39, 0.29) is 11.3 Å². The highest BCUT2D eigenvalue weighted by atomic mass is 16.5. The fraction of sp³-hybridized carbons (Fsp3) is 0.688. The van der Waals surface area contributed by atoms with Crippen molar-refractivity contribution in [2.45, 2.75) is 12.8 Å². The summed E-state index contributed by atoms with van der Waals surface area (Å²) in [5.74, 6) is 0.493. The normalized spacial score (nSPS) is 24.1. The molecule has 0 N–H and O–H groups in total. The van der Waals surface area contributed by atoms with Crippen LogP contribution in [0.5, 0.6) is 0 Å². The highest BCUT2D eigenvalue weighted by Crippen LogP contribution is 2.44. The summed E-state index contributed by atoms with van der Waals surface area (Å²) < 4.78 is 5.55. The summed E-state index contributed by atoms with van der Waals surface area (Å²) >= 11 is 0. The lowest BCUT2D eigenvalue weighted by Crippen LogP contribution is -2.40. The number of hydrogen-bond donors (Lipinski definition) is 0. The van der Waals surface area contributed by atoms with Gasteiger partial charge in [-0.2, -0.15) is 0 Å². The van der Waals surface area contributed by atoms with E-state index < -0.39 is 0 Å². The van der Waals surface area contributed by atoms with Crippen LogP contribution in [0, 0.1) is 11.3 Å². The van der Waals surface area contributed by atoms with Crippen molar-refractivity contribution in [2.75, 3.05) is 46.9 Å². The molecular formula is C16H24N4O2. The van der Waals surface area contributed by atoms with Gasteiger partial charge in [-0.1, -0.05) is 0 Å². The second-order valence-corrected chi connectivity index (χ2v) is 6.71. The predicted octanol–water partition coefficient (Wildman–Crippen LogP) is 0.907. The number of hydrogen-bond acceptors (Lipinski definition) is 5. The molecule has 3 heterocycles. The van der Waals surface area contributed by atoms with Crippen LogP contribution in [-0.2, 0) is 4.74 Å². The zero-order valence-electron chi connectivity index (χ0n) is 13.4. The molecule has 0 bridgehead atoms. The average molecular weight is 304 g/mol. The van der Waals surface area contributed by atoms with Crippen molar-refractivity contribution in [1.82, 2.24) is 19.8 Å². The van der Waals surface area contributed by atoms with Crippen LogP contribution in [0.25, 0.3) is 0 Å². The van der Waals surface area contributed by atoms with Gasteiger partial charge < -0.3 is 14.5 Å². The first-order valence-corrected chi connectivity index (χ1v) is 7.88. The number of carbonyl (C=O) groups excluding carboxylic acids is 1. The molecule has 1 amide bonds. The van der Waals surface area contributed by atoms with Gasteiger partial charge in [0.15, 0.2) is 0 Å². The van der Waals surface area contributed by atoms with Crippen LogP contribution in [0.2, 0.25) is 0 Å². The maximum Gasteiger partial charge on any atom is 0.274 e. The molecule has 120 valence electrons. The van der Waals surface area contributed by atoms with Crippen molar-refractivity contribution in [1.29, 1.82) is 0 Å². The Labute approximate surface area is 131 Å². The molecule has 2 aliphatic rings. The van der Waals surface area contributed by atoms with Crippen LogP contribution in [-0.4, -0.2) is 72.6 Å². The molecule has 1 aromatic heterocycles. The summed E-state index contributed by atoms with van der Waals surface area (Å²) in [7, 11) is 4.19. The van der Waals surface area contributed by atoms with Gasteiger partial charge in [0.05, 0.1) is 6.20 Å². The maximum absolute atomic E-state index is 12.7. The van der Waals surface area contributed by atoms with Crippen molar-refractivity contribution in [2.24, 2.45) is 11.3 Å². The Balaban J connectivity index is 1.79. The lowest BCUT2D eigenvalue weighted by molar-refractivity contribution is -0.00453. The van der Waals surface area contributed by atoms with Crippen LogP contribution >= 0.6 is 0 Å². The zero-order chi connectivity index (χ0) is 15.6. The van der Waals surface area contributed by atoms with Crippen LogP contribution in [0.4, 0.5) is 0 Å². The third-order valence-corrected chi connectivity index (χ3v) is 4.96. The Morgan fingerprint density at radius 3 is 2.82 bits per heavy atom. The van der Waals surface area contributed by atoms with E-state index in [4.69, 9.17) is 4.74 Å². The molecule has 0 saturated carbocycles. The Morgan fingerprint density at radius 1 is 1.41 bits per heavy atom. The monoisotopic (exact) mass is 304 g/mol. The van der Waals surface area contributed by atoms with Gasteiger partial charge in [0.25, 0.3) is 5.91 Å². The van der Waals surface area contributed by atoms with E-state index in [9.17, 15) is 4.79 Å². The van der Waals surface area contributed by atoms with Crippen molar-refractivity contribution in [3.8, 4) is 0 Å². The Morgan fingerprint density at radius 2 is 2.18 bits per heavy atom. The molecule has 2 saturated heterocycles. The van der Waals surface area contributed by atoms with Gasteiger partial charge in [-0.25, -0.2) is 4.98 Å². The highest BCUT2D eigenvalue weighted by Gasteiger charge is 2.48. The van der Waals surface area contributed by atoms with E-state index in [0.29, 0.717) is 11.6 Å². The van der Waals surface area contributed by atoms with Crippen LogP contribution in [0.3, 0.4) is 0 Å². The Bertz CT molecular complexity index is 514. The number of likely N-dealkylation sites (tertiary alicyclic amines) is 1. The Kier molecular flexibility index (Phi) is 4.40. The first-order chi connectivity index (χ1) is 10.6. The summed E-state index contributed by atoms with van der Waals surface area (Å²) in [5.41, 5.74) is 0.635. The zero-order valence-corrected chi connectivity index (χ0v) is 13.4. The van der Waals surface area contributed by atoms with Gasteiger partial charge in [0, 0.05) is 45.2 Å². The van der Waals surface area contributed by atoms with Gasteiger partial charge >= 0.3 is 0 Å². The van der Waals surface area contributed by atoms with Crippen molar-refractivity contribution in [3.63, 3.8) is 0 Å². The molecule has 0 unspecified atom stereocenters. The Hall–Kier alpha value is -1.53. The van der Waals surface area contributed by atoms with Gasteiger partial charge in [0.1, 0.15) is 5.69 Å². The number of aromatic nitrogens is 2. The first kappa shape index (κ1) is 15.4. The number of ether oxygens (including phenoxy) is 1. The predicted molar refractivity (Wildman–Crippen MR) is 82.5 cm³/mol. The number of rotatable bonds is 3. The standard InChI is InChI=1S/C16H24N4O2/c1-19(2)10-13-11-20(12-16(13)3-7-22-8-4-16)15(21)14-9-17-5-6-18-14/h5-6,9,13H,3-4,7-8,10-12H2,1-2H3/t13-/m1/s1. The van der Waals surface area contributed by atoms with Crippen molar-refractivity contribution >= 4 is 5.91 Å². The van der Waals surface area contributed by atoms with E-state index in [2.05, 4.69) is 29.0 Å². The van der Waals surface area contributed by atoms with Crippen LogP contribution in [0.1, 0.15) is 23.3 Å². The molecule has 2 aliphatic heterocycles. The molecule has 1 spiro atoms. The summed E-state index contributed by atoms with van der Waals surface area (Å²) in [5, 5.41) is 0. The molecule has 22 heavy (non-hydrogen) atoms. The quantitative estimate of drug-likeness (QED) is 0.830. The summed E-state index contributed by atoms with van der Waals surface area (Å²) in [4.78, 5) is 25.0. The molecule has 6 heteroatoms. The summed E-state index contributed by atoms with van der Waals surface area (Å²) in [6.45, 7) is 4.22. The molecule has 0 radical (unpaired) electrons. The molecule has 0 aliphatic carbocycles. The maximum atomic E-state index is 12.7. The third-order valence-electron chi connectivity index (χ3n) is 4.96. The van der Waals surface area contributed by atoms with Crippen molar-refractivity contribution < 1.29 is 9.53 Å². The highest BCUT2D eigenvalue weighted by molar-refractivity contribution is 5.92. The van der Waals surface area contributed by atoms with E-state index in [1.807, 2.05) is 4.90 Å². The molecule has 2 fully saturated rings. The summed E-state index contributed by atoms with van der Waals surface area (Å²) in [6.07, 6.45) is 6.80. The third kappa shape index (κ3) is 2.98. The summed E-state index contributed by atoms with van der Waals surface area (Å²) in [6, 6.07) is 0. The molecular weight excluding hydrogens is 280 g/mol. The average Bonchev–Trinajstić information content (AvgIpc) is 2.85.